The molecule has 0 aromatic carbocycles. The second kappa shape index (κ2) is 5.49. The molecular formula is C14H12N4O3. The molecular weight excluding hydrogens is 272 g/mol. The van der Waals surface area contributed by atoms with Gasteiger partial charge in [-0.15, -0.1) is 0 Å². The number of carbonyl (C=O) groups is 1. The summed E-state index contributed by atoms with van der Waals surface area (Å²) in [7, 11) is 0. The highest BCUT2D eigenvalue weighted by molar-refractivity contribution is 5.93. The molecule has 0 unspecified atom stereocenters. The van der Waals surface area contributed by atoms with E-state index in [2.05, 4.69) is 20.5 Å². The van der Waals surface area contributed by atoms with Crippen LogP contribution < -0.4 is 10.7 Å². The van der Waals surface area contributed by atoms with E-state index in [0.29, 0.717) is 17.1 Å². The zero-order valence-electron chi connectivity index (χ0n) is 10.9. The Labute approximate surface area is 119 Å². The van der Waals surface area contributed by atoms with Crippen LogP contribution in [0.1, 0.15) is 16.2 Å². The van der Waals surface area contributed by atoms with Gasteiger partial charge >= 0.3 is 0 Å². The SMILES string of the molecule is O=C(NCc1cc(=O)cc[nH]1)c1cc(-c2ccco2)[nH]n1. The minimum absolute atomic E-state index is 0.113. The van der Waals surface area contributed by atoms with Crippen LogP contribution in [0.4, 0.5) is 0 Å². The minimum Gasteiger partial charge on any atom is -0.463 e. The van der Waals surface area contributed by atoms with Crippen LogP contribution in [0.5, 0.6) is 0 Å². The maximum atomic E-state index is 12.0. The number of nitrogens with zero attached hydrogens (tertiary/aromatic N) is 1. The zero-order valence-corrected chi connectivity index (χ0v) is 10.9. The van der Waals surface area contributed by atoms with Crippen molar-refractivity contribution >= 4 is 5.91 Å². The third-order valence-corrected chi connectivity index (χ3v) is 2.87. The molecule has 1 amide bonds. The fourth-order valence-corrected chi connectivity index (χ4v) is 1.86. The zero-order chi connectivity index (χ0) is 14.7. The van der Waals surface area contributed by atoms with Crippen LogP contribution in [-0.4, -0.2) is 21.1 Å². The number of carbonyl (C=O) groups excluding carboxylic acids is 1. The van der Waals surface area contributed by atoms with Crippen LogP contribution in [0.25, 0.3) is 11.5 Å². The van der Waals surface area contributed by atoms with E-state index < -0.39 is 0 Å². The Morgan fingerprint density at radius 3 is 3.00 bits per heavy atom. The number of hydrogen-bond acceptors (Lipinski definition) is 4. The normalized spacial score (nSPS) is 10.5. The summed E-state index contributed by atoms with van der Waals surface area (Å²) in [6.45, 7) is 0.220. The molecule has 3 heterocycles. The van der Waals surface area contributed by atoms with E-state index in [1.165, 1.54) is 18.3 Å². The maximum absolute atomic E-state index is 12.0. The summed E-state index contributed by atoms with van der Waals surface area (Å²) < 4.78 is 5.21. The maximum Gasteiger partial charge on any atom is 0.272 e. The van der Waals surface area contributed by atoms with Crippen LogP contribution in [0.3, 0.4) is 0 Å². The van der Waals surface area contributed by atoms with Gasteiger partial charge in [-0.25, -0.2) is 0 Å². The first-order valence-corrected chi connectivity index (χ1v) is 6.27. The lowest BCUT2D eigenvalue weighted by molar-refractivity contribution is 0.0945. The van der Waals surface area contributed by atoms with E-state index in [1.54, 1.807) is 24.5 Å². The van der Waals surface area contributed by atoms with Gasteiger partial charge in [0.2, 0.25) is 0 Å². The third-order valence-electron chi connectivity index (χ3n) is 2.87. The monoisotopic (exact) mass is 284 g/mol. The van der Waals surface area contributed by atoms with Crippen LogP contribution in [0.15, 0.2) is 52.0 Å². The van der Waals surface area contributed by atoms with Gasteiger partial charge in [0.05, 0.1) is 12.8 Å². The lowest BCUT2D eigenvalue weighted by Crippen LogP contribution is -2.24. The summed E-state index contributed by atoms with van der Waals surface area (Å²) >= 11 is 0. The molecule has 3 rings (SSSR count). The molecule has 0 radical (unpaired) electrons. The van der Waals surface area contributed by atoms with Crippen LogP contribution >= 0.6 is 0 Å². The van der Waals surface area contributed by atoms with Crippen molar-refractivity contribution < 1.29 is 9.21 Å². The number of hydrogen-bond donors (Lipinski definition) is 3. The summed E-state index contributed by atoms with van der Waals surface area (Å²) in [5.74, 6) is 0.266. The van der Waals surface area contributed by atoms with E-state index in [9.17, 15) is 9.59 Å². The number of amides is 1. The Morgan fingerprint density at radius 1 is 1.33 bits per heavy atom. The summed E-state index contributed by atoms with van der Waals surface area (Å²) in [6, 6.07) is 7.96. The van der Waals surface area contributed by atoms with Crippen molar-refractivity contribution in [1.29, 1.82) is 0 Å². The summed E-state index contributed by atoms with van der Waals surface area (Å²) in [5, 5.41) is 9.35. The van der Waals surface area contributed by atoms with Gasteiger partial charge in [-0.3, -0.25) is 14.7 Å². The first-order valence-electron chi connectivity index (χ1n) is 6.27. The number of nitrogens with one attached hydrogen (secondary N) is 3. The first-order chi connectivity index (χ1) is 10.2. The van der Waals surface area contributed by atoms with Crippen molar-refractivity contribution in [3.05, 3.63) is 64.4 Å². The number of furan rings is 1. The van der Waals surface area contributed by atoms with Crippen molar-refractivity contribution in [1.82, 2.24) is 20.5 Å². The number of aromatic nitrogens is 3. The molecule has 106 valence electrons. The van der Waals surface area contributed by atoms with E-state index in [-0.39, 0.29) is 23.6 Å². The quantitative estimate of drug-likeness (QED) is 0.671. The van der Waals surface area contributed by atoms with Gasteiger partial charge in [-0.1, -0.05) is 0 Å². The van der Waals surface area contributed by atoms with Crippen molar-refractivity contribution in [2.24, 2.45) is 0 Å². The van der Waals surface area contributed by atoms with Crippen molar-refractivity contribution in [2.45, 2.75) is 6.54 Å². The van der Waals surface area contributed by atoms with Gasteiger partial charge in [0, 0.05) is 30.1 Å². The van der Waals surface area contributed by atoms with E-state index in [1.807, 2.05) is 0 Å². The number of H-pyrrole nitrogens is 2. The Kier molecular flexibility index (Phi) is 3.38. The van der Waals surface area contributed by atoms with E-state index in [0.717, 1.165) is 0 Å². The molecule has 0 fully saturated rings. The van der Waals surface area contributed by atoms with Crippen LogP contribution in [-0.2, 0) is 6.54 Å². The Hall–Kier alpha value is -3.09. The minimum atomic E-state index is -0.339. The first kappa shape index (κ1) is 12.9. The summed E-state index contributed by atoms with van der Waals surface area (Å²) in [5.41, 5.74) is 1.38. The average molecular weight is 284 g/mol. The Bertz CT molecular complexity index is 802. The van der Waals surface area contributed by atoms with Gasteiger partial charge in [0.1, 0.15) is 5.69 Å². The van der Waals surface area contributed by atoms with Crippen molar-refractivity contribution in [2.75, 3.05) is 0 Å². The van der Waals surface area contributed by atoms with Gasteiger partial charge in [0.25, 0.3) is 5.91 Å². The van der Waals surface area contributed by atoms with Gasteiger partial charge in [-0.05, 0) is 12.1 Å². The van der Waals surface area contributed by atoms with Gasteiger partial charge in [0.15, 0.2) is 16.9 Å². The average Bonchev–Trinajstić information content (AvgIpc) is 3.15. The second-order valence-electron chi connectivity index (χ2n) is 4.38. The molecule has 3 aromatic heterocycles. The Morgan fingerprint density at radius 2 is 2.24 bits per heavy atom. The molecule has 3 aromatic rings. The molecule has 0 aliphatic rings. The fourth-order valence-electron chi connectivity index (χ4n) is 1.86. The summed E-state index contributed by atoms with van der Waals surface area (Å²) in [6.07, 6.45) is 3.08. The van der Waals surface area contributed by atoms with Crippen molar-refractivity contribution in [3.63, 3.8) is 0 Å². The molecule has 0 aliphatic heterocycles. The molecule has 0 saturated heterocycles. The predicted octanol–water partition coefficient (Wildman–Crippen LogP) is 1.29. The predicted molar refractivity (Wildman–Crippen MR) is 74.5 cm³/mol. The molecule has 7 nitrogen and oxygen atoms in total. The molecule has 21 heavy (non-hydrogen) atoms. The largest absolute Gasteiger partial charge is 0.463 e. The topological polar surface area (TPSA) is 104 Å². The summed E-state index contributed by atoms with van der Waals surface area (Å²) in [4.78, 5) is 26.0. The van der Waals surface area contributed by atoms with E-state index >= 15 is 0 Å². The molecule has 0 spiro atoms. The Balaban J connectivity index is 1.67. The lowest BCUT2D eigenvalue weighted by atomic mass is 10.3. The second-order valence-corrected chi connectivity index (χ2v) is 4.38. The highest BCUT2D eigenvalue weighted by Gasteiger charge is 2.12. The van der Waals surface area contributed by atoms with E-state index in [4.69, 9.17) is 4.42 Å². The standard InChI is InChI=1S/C14H12N4O3/c19-10-3-4-15-9(6-10)8-16-14(20)12-7-11(17-18-12)13-2-1-5-21-13/h1-7H,8H2,(H,15,19)(H,16,20)(H,17,18). The highest BCUT2D eigenvalue weighted by Crippen LogP contribution is 2.17. The highest BCUT2D eigenvalue weighted by atomic mass is 16.3. The molecule has 0 bridgehead atoms. The van der Waals surface area contributed by atoms with Crippen molar-refractivity contribution in [3.8, 4) is 11.5 Å². The number of pyridine rings is 1. The fraction of sp³-hybridized carbons (Fsp3) is 0.0714. The third kappa shape index (κ3) is 2.92. The molecule has 7 heteroatoms. The van der Waals surface area contributed by atoms with Crippen LogP contribution in [0, 0.1) is 0 Å². The lowest BCUT2D eigenvalue weighted by Gasteiger charge is -2.02. The molecule has 0 saturated carbocycles. The molecule has 0 aliphatic carbocycles. The molecule has 0 atom stereocenters. The smallest absolute Gasteiger partial charge is 0.272 e. The van der Waals surface area contributed by atoms with Gasteiger partial charge in [-0.2, -0.15) is 5.10 Å². The van der Waals surface area contributed by atoms with Gasteiger partial charge < -0.3 is 14.7 Å². The molecule has 3 N–H and O–H groups in total. The number of aromatic amines is 2. The van der Waals surface area contributed by atoms with Crippen LogP contribution in [0.2, 0.25) is 0 Å². The number of rotatable bonds is 4.